The van der Waals surface area contributed by atoms with E-state index in [1.165, 1.54) is 12.3 Å². The minimum Gasteiger partial charge on any atom is -0.396 e. The van der Waals surface area contributed by atoms with Gasteiger partial charge in [-0.25, -0.2) is 9.97 Å². The van der Waals surface area contributed by atoms with Gasteiger partial charge in [0.05, 0.1) is 6.61 Å². The topological polar surface area (TPSA) is 49.2 Å². The van der Waals surface area contributed by atoms with Gasteiger partial charge in [-0.3, -0.25) is 0 Å². The molecule has 0 saturated carbocycles. The molecular formula is C15H22F3N3O. The number of aliphatic hydroxyl groups is 1. The average molecular weight is 317 g/mol. The Hall–Kier alpha value is -1.37. The molecule has 1 saturated heterocycles. The Morgan fingerprint density at radius 1 is 1.41 bits per heavy atom. The monoisotopic (exact) mass is 317 g/mol. The third-order valence-corrected chi connectivity index (χ3v) is 4.39. The van der Waals surface area contributed by atoms with Crippen LogP contribution in [0, 0.1) is 5.41 Å². The predicted octanol–water partition coefficient (Wildman–Crippen LogP) is 2.96. The maximum atomic E-state index is 12.3. The first kappa shape index (κ1) is 17.0. The molecule has 1 fully saturated rings. The van der Waals surface area contributed by atoms with E-state index >= 15 is 0 Å². The van der Waals surface area contributed by atoms with E-state index in [-0.39, 0.29) is 18.4 Å². The van der Waals surface area contributed by atoms with Crippen LogP contribution in [0.25, 0.3) is 0 Å². The Morgan fingerprint density at radius 3 is 2.82 bits per heavy atom. The maximum absolute atomic E-state index is 12.3. The van der Waals surface area contributed by atoms with E-state index in [4.69, 9.17) is 0 Å². The van der Waals surface area contributed by atoms with Crippen molar-refractivity contribution < 1.29 is 18.3 Å². The molecule has 2 heterocycles. The Morgan fingerprint density at radius 2 is 2.18 bits per heavy atom. The highest BCUT2D eigenvalue weighted by molar-refractivity contribution is 5.32. The molecule has 7 heteroatoms. The van der Waals surface area contributed by atoms with Crippen LogP contribution in [0.15, 0.2) is 12.3 Å². The minimum atomic E-state index is -4.18. The van der Waals surface area contributed by atoms with E-state index in [2.05, 4.69) is 9.97 Å². The first-order valence-electron chi connectivity index (χ1n) is 7.62. The SMILES string of the molecule is CC[C@]1(CO)CCCN(c2nccc(CCC(F)(F)F)n2)C1. The number of piperidine rings is 1. The Labute approximate surface area is 128 Å². The number of rotatable bonds is 5. The van der Waals surface area contributed by atoms with Crippen molar-refractivity contribution in [1.29, 1.82) is 0 Å². The summed E-state index contributed by atoms with van der Waals surface area (Å²) in [7, 11) is 0. The predicted molar refractivity (Wildman–Crippen MR) is 77.7 cm³/mol. The van der Waals surface area contributed by atoms with Crippen LogP contribution in [0.1, 0.15) is 38.3 Å². The number of aromatic nitrogens is 2. The zero-order valence-corrected chi connectivity index (χ0v) is 12.7. The lowest BCUT2D eigenvalue weighted by Crippen LogP contribution is -2.45. The summed E-state index contributed by atoms with van der Waals surface area (Å²) in [6, 6.07) is 1.53. The summed E-state index contributed by atoms with van der Waals surface area (Å²) in [4.78, 5) is 10.4. The maximum Gasteiger partial charge on any atom is 0.389 e. The average Bonchev–Trinajstić information content (AvgIpc) is 2.52. The molecule has 0 unspecified atom stereocenters. The molecular weight excluding hydrogens is 295 g/mol. The lowest BCUT2D eigenvalue weighted by Gasteiger charge is -2.41. The number of aryl methyl sites for hydroxylation is 1. The summed E-state index contributed by atoms with van der Waals surface area (Å²) in [6.45, 7) is 3.56. The number of halogens is 3. The van der Waals surface area contributed by atoms with Gasteiger partial charge >= 0.3 is 6.18 Å². The third kappa shape index (κ3) is 4.32. The van der Waals surface area contributed by atoms with E-state index in [0.29, 0.717) is 18.2 Å². The van der Waals surface area contributed by atoms with Gasteiger partial charge in [0.15, 0.2) is 0 Å². The van der Waals surface area contributed by atoms with Gasteiger partial charge in [0.25, 0.3) is 0 Å². The molecule has 0 aliphatic carbocycles. The molecule has 0 bridgehead atoms. The van der Waals surface area contributed by atoms with Crippen LogP contribution in [0.5, 0.6) is 0 Å². The van der Waals surface area contributed by atoms with Crippen molar-refractivity contribution in [3.63, 3.8) is 0 Å². The van der Waals surface area contributed by atoms with Crippen LogP contribution < -0.4 is 4.90 Å². The quantitative estimate of drug-likeness (QED) is 0.907. The normalized spacial score (nSPS) is 22.9. The number of nitrogens with zero attached hydrogens (tertiary/aromatic N) is 3. The first-order chi connectivity index (χ1) is 10.4. The number of hydrogen-bond donors (Lipinski definition) is 1. The summed E-state index contributed by atoms with van der Waals surface area (Å²) in [5.74, 6) is 0.464. The van der Waals surface area contributed by atoms with E-state index in [1.54, 1.807) is 0 Å². The van der Waals surface area contributed by atoms with Gasteiger partial charge in [-0.2, -0.15) is 13.2 Å². The summed E-state index contributed by atoms with van der Waals surface area (Å²) in [5.41, 5.74) is 0.239. The molecule has 124 valence electrons. The van der Waals surface area contributed by atoms with Crippen molar-refractivity contribution in [1.82, 2.24) is 9.97 Å². The highest BCUT2D eigenvalue weighted by Gasteiger charge is 2.34. The fourth-order valence-electron chi connectivity index (χ4n) is 2.85. The Bertz CT molecular complexity index is 489. The molecule has 0 aromatic carbocycles. The number of anilines is 1. The standard InChI is InChI=1S/C15H22F3N3O/c1-2-14(11-22)6-3-9-21(10-14)13-19-8-5-12(20-13)4-7-15(16,17)18/h5,8,22H,2-4,6-7,9-11H2,1H3/t14-/m0/s1. The highest BCUT2D eigenvalue weighted by atomic mass is 19.4. The van der Waals surface area contributed by atoms with Crippen LogP contribution in [0.2, 0.25) is 0 Å². The van der Waals surface area contributed by atoms with Gasteiger partial charge < -0.3 is 10.0 Å². The second kappa shape index (κ2) is 6.81. The Kier molecular flexibility index (Phi) is 5.26. The summed E-state index contributed by atoms with van der Waals surface area (Å²) in [5, 5.41) is 9.64. The van der Waals surface area contributed by atoms with Crippen LogP contribution in [0.4, 0.5) is 19.1 Å². The fourth-order valence-corrected chi connectivity index (χ4v) is 2.85. The number of hydrogen-bond acceptors (Lipinski definition) is 4. The molecule has 1 aromatic rings. The van der Waals surface area contributed by atoms with Crippen molar-refractivity contribution in [2.45, 2.75) is 45.2 Å². The molecule has 0 radical (unpaired) electrons. The lowest BCUT2D eigenvalue weighted by molar-refractivity contribution is -0.134. The van der Waals surface area contributed by atoms with E-state index < -0.39 is 12.6 Å². The number of aliphatic hydroxyl groups excluding tert-OH is 1. The van der Waals surface area contributed by atoms with Crippen LogP contribution >= 0.6 is 0 Å². The highest BCUT2D eigenvalue weighted by Crippen LogP contribution is 2.34. The second-order valence-electron chi connectivity index (χ2n) is 6.00. The fraction of sp³-hybridized carbons (Fsp3) is 0.733. The van der Waals surface area contributed by atoms with Gasteiger partial charge in [0.1, 0.15) is 0 Å². The zero-order chi connectivity index (χ0) is 16.2. The summed E-state index contributed by atoms with van der Waals surface area (Å²) in [6.07, 6.45) is -0.951. The minimum absolute atomic E-state index is 0.105. The van der Waals surface area contributed by atoms with E-state index in [9.17, 15) is 18.3 Å². The molecule has 1 aliphatic rings. The summed E-state index contributed by atoms with van der Waals surface area (Å²) < 4.78 is 36.9. The van der Waals surface area contributed by atoms with Crippen molar-refractivity contribution in [3.05, 3.63) is 18.0 Å². The zero-order valence-electron chi connectivity index (χ0n) is 12.7. The smallest absolute Gasteiger partial charge is 0.389 e. The molecule has 1 aromatic heterocycles. The van der Waals surface area contributed by atoms with Crippen LogP contribution in [0.3, 0.4) is 0 Å². The van der Waals surface area contributed by atoms with Crippen molar-refractivity contribution in [2.75, 3.05) is 24.6 Å². The van der Waals surface area contributed by atoms with Crippen LogP contribution in [-0.4, -0.2) is 40.9 Å². The van der Waals surface area contributed by atoms with Gasteiger partial charge in [-0.1, -0.05) is 6.92 Å². The Balaban J connectivity index is 2.08. The second-order valence-corrected chi connectivity index (χ2v) is 6.00. The molecule has 0 amide bonds. The van der Waals surface area contributed by atoms with E-state index in [0.717, 1.165) is 25.8 Å². The third-order valence-electron chi connectivity index (χ3n) is 4.39. The molecule has 1 atom stereocenters. The van der Waals surface area contributed by atoms with Crippen molar-refractivity contribution in [3.8, 4) is 0 Å². The molecule has 4 nitrogen and oxygen atoms in total. The molecule has 1 N–H and O–H groups in total. The van der Waals surface area contributed by atoms with Gasteiger partial charge in [0, 0.05) is 36.8 Å². The molecule has 1 aliphatic heterocycles. The van der Waals surface area contributed by atoms with E-state index in [1.807, 2.05) is 11.8 Å². The first-order valence-corrected chi connectivity index (χ1v) is 7.62. The number of alkyl halides is 3. The molecule has 2 rings (SSSR count). The van der Waals surface area contributed by atoms with Crippen molar-refractivity contribution in [2.24, 2.45) is 5.41 Å². The van der Waals surface area contributed by atoms with Gasteiger partial charge in [-0.05, 0) is 31.7 Å². The molecule has 22 heavy (non-hydrogen) atoms. The van der Waals surface area contributed by atoms with Gasteiger partial charge in [0.2, 0.25) is 5.95 Å². The molecule has 0 spiro atoms. The van der Waals surface area contributed by atoms with Crippen molar-refractivity contribution >= 4 is 5.95 Å². The van der Waals surface area contributed by atoms with Crippen LogP contribution in [-0.2, 0) is 6.42 Å². The summed E-state index contributed by atoms with van der Waals surface area (Å²) >= 11 is 0. The lowest BCUT2D eigenvalue weighted by atomic mass is 9.78. The largest absolute Gasteiger partial charge is 0.396 e. The van der Waals surface area contributed by atoms with Gasteiger partial charge in [-0.15, -0.1) is 0 Å².